The summed E-state index contributed by atoms with van der Waals surface area (Å²) in [4.78, 5) is 4.33. The average molecular weight is 301 g/mol. The minimum atomic E-state index is -3.54. The molecule has 1 aromatic rings. The molecular formula is C13H23N3O3S. The Bertz CT molecular complexity index is 519. The molecular weight excluding hydrogens is 278 g/mol. The molecule has 7 heteroatoms. The molecule has 1 rings (SSSR count). The summed E-state index contributed by atoms with van der Waals surface area (Å²) in [6.07, 6.45) is 1.50. The Labute approximate surface area is 121 Å². The van der Waals surface area contributed by atoms with Gasteiger partial charge in [0, 0.05) is 38.5 Å². The molecule has 0 saturated heterocycles. The topological polar surface area (TPSA) is 71.5 Å². The first-order valence-electron chi connectivity index (χ1n) is 6.68. The normalized spacial score (nSPS) is 13.4. The van der Waals surface area contributed by atoms with Crippen molar-refractivity contribution in [3.05, 3.63) is 18.3 Å². The van der Waals surface area contributed by atoms with Crippen molar-refractivity contribution in [1.82, 2.24) is 9.29 Å². The number of nitrogens with zero attached hydrogens (tertiary/aromatic N) is 2. The van der Waals surface area contributed by atoms with E-state index in [4.69, 9.17) is 4.74 Å². The first-order valence-corrected chi connectivity index (χ1v) is 8.12. The van der Waals surface area contributed by atoms with Crippen LogP contribution >= 0.6 is 0 Å². The van der Waals surface area contributed by atoms with E-state index in [9.17, 15) is 8.42 Å². The lowest BCUT2D eigenvalue weighted by atomic mass is 10.4. The lowest BCUT2D eigenvalue weighted by Gasteiger charge is -2.26. The van der Waals surface area contributed by atoms with Crippen LogP contribution in [0.3, 0.4) is 0 Å². The number of anilines is 1. The largest absolute Gasteiger partial charge is 0.383 e. The van der Waals surface area contributed by atoms with Crippen LogP contribution in [0.5, 0.6) is 0 Å². The smallest absolute Gasteiger partial charge is 0.243 e. The van der Waals surface area contributed by atoms with Crippen molar-refractivity contribution in [2.75, 3.05) is 32.1 Å². The van der Waals surface area contributed by atoms with Gasteiger partial charge in [-0.3, -0.25) is 0 Å². The maximum Gasteiger partial charge on any atom is 0.243 e. The standard InChI is InChI=1S/C13H23N3O3S/c1-5-14-13-9-12(7-8-15-13)20(17,18)16(6-2)11(3)10-19-4/h7-9,11H,5-6,10H2,1-4H3,(H,14,15). The molecule has 0 bridgehead atoms. The van der Waals surface area contributed by atoms with Crippen molar-refractivity contribution in [2.45, 2.75) is 31.7 Å². The van der Waals surface area contributed by atoms with Gasteiger partial charge in [0.25, 0.3) is 0 Å². The zero-order valence-electron chi connectivity index (χ0n) is 12.5. The number of hydrogen-bond donors (Lipinski definition) is 1. The highest BCUT2D eigenvalue weighted by molar-refractivity contribution is 7.89. The third kappa shape index (κ3) is 3.91. The fourth-order valence-corrected chi connectivity index (χ4v) is 3.67. The van der Waals surface area contributed by atoms with Crippen molar-refractivity contribution in [3.63, 3.8) is 0 Å². The molecule has 1 aromatic heterocycles. The third-order valence-corrected chi connectivity index (χ3v) is 4.99. The molecule has 0 aromatic carbocycles. The van der Waals surface area contributed by atoms with Crippen LogP contribution in [0.25, 0.3) is 0 Å². The van der Waals surface area contributed by atoms with E-state index in [1.807, 2.05) is 20.8 Å². The molecule has 0 radical (unpaired) electrons. The highest BCUT2D eigenvalue weighted by atomic mass is 32.2. The molecule has 1 N–H and O–H groups in total. The molecule has 0 saturated carbocycles. The predicted molar refractivity (Wildman–Crippen MR) is 79.3 cm³/mol. The van der Waals surface area contributed by atoms with E-state index >= 15 is 0 Å². The van der Waals surface area contributed by atoms with E-state index in [0.717, 1.165) is 0 Å². The number of ether oxygens (including phenoxy) is 1. The first-order chi connectivity index (χ1) is 9.47. The monoisotopic (exact) mass is 301 g/mol. The molecule has 1 atom stereocenters. The van der Waals surface area contributed by atoms with E-state index in [1.165, 1.54) is 16.6 Å². The Balaban J connectivity index is 3.10. The third-order valence-electron chi connectivity index (χ3n) is 2.91. The summed E-state index contributed by atoms with van der Waals surface area (Å²) in [5, 5.41) is 3.01. The number of sulfonamides is 1. The minimum Gasteiger partial charge on any atom is -0.383 e. The zero-order valence-corrected chi connectivity index (χ0v) is 13.3. The van der Waals surface area contributed by atoms with Gasteiger partial charge in [0.05, 0.1) is 11.5 Å². The van der Waals surface area contributed by atoms with Crippen LogP contribution in [0.4, 0.5) is 5.82 Å². The van der Waals surface area contributed by atoms with Gasteiger partial charge in [-0.15, -0.1) is 0 Å². The quantitative estimate of drug-likeness (QED) is 0.789. The maximum atomic E-state index is 12.7. The number of rotatable bonds is 8. The Morgan fingerprint density at radius 1 is 1.45 bits per heavy atom. The minimum absolute atomic E-state index is 0.217. The summed E-state index contributed by atoms with van der Waals surface area (Å²) in [5.41, 5.74) is 0. The second-order valence-electron chi connectivity index (χ2n) is 4.42. The Kier molecular flexibility index (Phi) is 6.38. The molecule has 0 aliphatic rings. The molecule has 0 amide bonds. The fourth-order valence-electron chi connectivity index (χ4n) is 2.03. The van der Waals surface area contributed by atoms with Crippen molar-refractivity contribution in [3.8, 4) is 0 Å². The summed E-state index contributed by atoms with van der Waals surface area (Å²) < 4.78 is 31.8. The zero-order chi connectivity index (χ0) is 15.2. The number of aromatic nitrogens is 1. The van der Waals surface area contributed by atoms with Crippen molar-refractivity contribution < 1.29 is 13.2 Å². The van der Waals surface area contributed by atoms with Gasteiger partial charge in [0.1, 0.15) is 5.82 Å². The van der Waals surface area contributed by atoms with Crippen LogP contribution in [0.2, 0.25) is 0 Å². The van der Waals surface area contributed by atoms with E-state index in [1.54, 1.807) is 13.2 Å². The lowest BCUT2D eigenvalue weighted by molar-refractivity contribution is 0.142. The number of hydrogen-bond acceptors (Lipinski definition) is 5. The average Bonchev–Trinajstić information content (AvgIpc) is 2.40. The first kappa shape index (κ1) is 16.9. The maximum absolute atomic E-state index is 12.7. The van der Waals surface area contributed by atoms with Gasteiger partial charge in [0.15, 0.2) is 0 Å². The van der Waals surface area contributed by atoms with Crippen LogP contribution in [0.1, 0.15) is 20.8 Å². The van der Waals surface area contributed by atoms with Crippen LogP contribution in [0.15, 0.2) is 23.2 Å². The van der Waals surface area contributed by atoms with Gasteiger partial charge in [-0.1, -0.05) is 6.92 Å². The van der Waals surface area contributed by atoms with Crippen molar-refractivity contribution in [2.24, 2.45) is 0 Å². The molecule has 20 heavy (non-hydrogen) atoms. The number of methoxy groups -OCH3 is 1. The SMILES string of the molecule is CCNc1cc(S(=O)(=O)N(CC)C(C)COC)ccn1. The van der Waals surface area contributed by atoms with E-state index < -0.39 is 10.0 Å². The van der Waals surface area contributed by atoms with Gasteiger partial charge in [0.2, 0.25) is 10.0 Å². The number of likely N-dealkylation sites (N-methyl/N-ethyl adjacent to an activating group) is 1. The molecule has 6 nitrogen and oxygen atoms in total. The van der Waals surface area contributed by atoms with Gasteiger partial charge in [-0.05, 0) is 19.9 Å². The highest BCUT2D eigenvalue weighted by Gasteiger charge is 2.27. The summed E-state index contributed by atoms with van der Waals surface area (Å²) in [6, 6.07) is 2.85. The second kappa shape index (κ2) is 7.56. The summed E-state index contributed by atoms with van der Waals surface area (Å²) in [7, 11) is -1.98. The van der Waals surface area contributed by atoms with Crippen LogP contribution < -0.4 is 5.32 Å². The van der Waals surface area contributed by atoms with Crippen molar-refractivity contribution >= 4 is 15.8 Å². The van der Waals surface area contributed by atoms with E-state index in [-0.39, 0.29) is 10.9 Å². The second-order valence-corrected chi connectivity index (χ2v) is 6.31. The molecule has 0 fully saturated rings. The Morgan fingerprint density at radius 2 is 2.15 bits per heavy atom. The summed E-state index contributed by atoms with van der Waals surface area (Å²) in [5.74, 6) is 0.559. The number of nitrogens with one attached hydrogen (secondary N) is 1. The van der Waals surface area contributed by atoms with E-state index in [0.29, 0.717) is 25.5 Å². The Morgan fingerprint density at radius 3 is 2.70 bits per heavy atom. The fraction of sp³-hybridized carbons (Fsp3) is 0.615. The van der Waals surface area contributed by atoms with Gasteiger partial charge < -0.3 is 10.1 Å². The molecule has 114 valence electrons. The summed E-state index contributed by atoms with van der Waals surface area (Å²) >= 11 is 0. The highest BCUT2D eigenvalue weighted by Crippen LogP contribution is 2.20. The lowest BCUT2D eigenvalue weighted by Crippen LogP contribution is -2.40. The van der Waals surface area contributed by atoms with Crippen LogP contribution in [-0.4, -0.2) is 50.6 Å². The number of pyridine rings is 1. The molecule has 1 heterocycles. The molecule has 1 unspecified atom stereocenters. The molecule has 0 aliphatic carbocycles. The van der Waals surface area contributed by atoms with Crippen LogP contribution in [0, 0.1) is 0 Å². The van der Waals surface area contributed by atoms with Gasteiger partial charge in [-0.25, -0.2) is 13.4 Å². The predicted octanol–water partition coefficient (Wildman–Crippen LogP) is 1.56. The van der Waals surface area contributed by atoms with E-state index in [2.05, 4.69) is 10.3 Å². The molecule has 0 aliphatic heterocycles. The Hall–Kier alpha value is -1.18. The summed E-state index contributed by atoms with van der Waals surface area (Å²) in [6.45, 7) is 7.02. The van der Waals surface area contributed by atoms with Gasteiger partial charge >= 0.3 is 0 Å². The van der Waals surface area contributed by atoms with Crippen molar-refractivity contribution in [1.29, 1.82) is 0 Å². The molecule has 0 spiro atoms. The van der Waals surface area contributed by atoms with Gasteiger partial charge in [-0.2, -0.15) is 4.31 Å². The van der Waals surface area contributed by atoms with Crippen LogP contribution in [-0.2, 0) is 14.8 Å².